The van der Waals surface area contributed by atoms with Crippen molar-refractivity contribution in [2.24, 2.45) is 5.92 Å². The predicted molar refractivity (Wildman–Crippen MR) is 214 cm³/mol. The van der Waals surface area contributed by atoms with Crippen molar-refractivity contribution in [3.63, 3.8) is 0 Å². The van der Waals surface area contributed by atoms with Gasteiger partial charge in [0.2, 0.25) is 5.75 Å². The minimum Gasteiger partial charge on any atom is -0.778 e. The van der Waals surface area contributed by atoms with E-state index in [0.29, 0.717) is 17.3 Å². The first-order valence-electron chi connectivity index (χ1n) is 17.0. The Morgan fingerprint density at radius 1 is 0.967 bits per heavy atom. The molecule has 0 heterocycles. The highest BCUT2D eigenvalue weighted by Gasteiger charge is 2.39. The molecule has 0 aromatic heterocycles. The zero-order valence-corrected chi connectivity index (χ0v) is 36.1. The van der Waals surface area contributed by atoms with E-state index >= 15 is 0 Å². The third-order valence-electron chi connectivity index (χ3n) is 7.11. The van der Waals surface area contributed by atoms with Crippen LogP contribution in [-0.4, -0.2) is 96.0 Å². The molecule has 1 aliphatic rings. The van der Waals surface area contributed by atoms with Gasteiger partial charge in [-0.05, 0) is 60.6 Å². The van der Waals surface area contributed by atoms with Crippen LogP contribution in [0.25, 0.3) is 0 Å². The third kappa shape index (κ3) is 19.1. The first-order valence-corrected chi connectivity index (χ1v) is 23.5. The monoisotopic (exact) mass is 945 g/mol. The van der Waals surface area contributed by atoms with Crippen molar-refractivity contribution in [3.05, 3.63) is 91.0 Å². The van der Waals surface area contributed by atoms with Gasteiger partial charge in [-0.3, -0.25) is 44.7 Å². The van der Waals surface area contributed by atoms with Gasteiger partial charge in [-0.25, -0.2) is 8.42 Å². The smallest absolute Gasteiger partial charge is 0.416 e. The van der Waals surface area contributed by atoms with E-state index in [4.69, 9.17) is 31.1 Å². The van der Waals surface area contributed by atoms with Crippen LogP contribution in [0.15, 0.2) is 59.5 Å². The summed E-state index contributed by atoms with van der Waals surface area (Å²) in [5.41, 5.74) is -2.32. The number of ether oxygens (including phenoxy) is 2. The Morgan fingerprint density at radius 3 is 1.97 bits per heavy atom. The van der Waals surface area contributed by atoms with Crippen LogP contribution >= 0.6 is 19.2 Å². The lowest BCUT2D eigenvalue weighted by Gasteiger charge is -2.18. The topological polar surface area (TPSA) is 300 Å². The summed E-state index contributed by atoms with van der Waals surface area (Å²) < 4.78 is 81.3. The normalized spacial score (nSPS) is 13.8. The van der Waals surface area contributed by atoms with Crippen molar-refractivity contribution in [2.45, 2.75) is 37.3 Å². The largest absolute Gasteiger partial charge is 0.778 e. The fourth-order valence-electron chi connectivity index (χ4n) is 4.63. The number of Topliss-reactive ketones (excluding diaryl/α,β-unsaturated/α-hetero) is 3. The average molecular weight is 946 g/mol. The van der Waals surface area contributed by atoms with Crippen molar-refractivity contribution >= 4 is 74.6 Å². The first kappa shape index (κ1) is 54.0. The fraction of sp³-hybridized carbons (Fsp3) is 0.371. The Bertz CT molecular complexity index is 2240. The number of carbonyl (C=O) groups excluding carboxylic acids is 3. The van der Waals surface area contributed by atoms with E-state index in [1.54, 1.807) is 6.92 Å². The van der Waals surface area contributed by atoms with Gasteiger partial charge in [0.05, 0.1) is 69.1 Å². The summed E-state index contributed by atoms with van der Waals surface area (Å²) in [5, 5.41) is 31.8. The number of nitrogens with one attached hydrogen (secondary N) is 1. The molecule has 0 saturated heterocycles. The van der Waals surface area contributed by atoms with Gasteiger partial charge in [0.1, 0.15) is 25.0 Å². The molecule has 4 rings (SSSR count). The van der Waals surface area contributed by atoms with Crippen LogP contribution in [0.2, 0.25) is 5.02 Å². The van der Waals surface area contributed by atoms with E-state index in [1.165, 1.54) is 18.2 Å². The molecule has 1 fully saturated rings. The van der Waals surface area contributed by atoms with Gasteiger partial charge in [-0.15, -0.1) is 0 Å². The molecule has 19 nitrogen and oxygen atoms in total. The molecule has 61 heavy (non-hydrogen) atoms. The summed E-state index contributed by atoms with van der Waals surface area (Å²) in [5.74, 6) is -4.67. The number of alkyl halides is 3. The standard InChI is InChI=1S/C15H11ClF3NO4.C14H13NO7S.C3H8NO5P.C3H9S/c1-2-23-14-8-10(4-5-12(14)20(21)22)24-13-6-3-9(7-11(13)16)15(17,18)19;1-23(21,22)8-5-6-9(10(7-8)15(19)20)14(18)13-11(16)3-2-4-12(13)17;5-3(6)1-4-2-10(7,8)9;1-4(2)3/h3-8H,2H2,1H3;5-7,13H,2-4H2,1H3;4H,1-2H2,(H,5,6)(H2,7,8,9);1-3H3/q;;;+1/p-1. The molecule has 0 radical (unpaired) electrons. The van der Waals surface area contributed by atoms with Gasteiger partial charge < -0.3 is 28.9 Å². The highest BCUT2D eigenvalue weighted by atomic mass is 35.5. The van der Waals surface area contributed by atoms with E-state index < -0.39 is 92.3 Å². The Morgan fingerprint density at radius 2 is 1.52 bits per heavy atom. The number of ketones is 3. The number of carbonyl (C=O) groups is 4. The number of halogens is 4. The summed E-state index contributed by atoms with van der Waals surface area (Å²) in [6.07, 6.45) is 2.73. The molecule has 3 N–H and O–H groups in total. The van der Waals surface area contributed by atoms with Gasteiger partial charge in [-0.1, -0.05) is 11.6 Å². The second-order valence-electron chi connectivity index (χ2n) is 12.7. The summed E-state index contributed by atoms with van der Waals surface area (Å²) in [4.78, 5) is 84.0. The van der Waals surface area contributed by atoms with Crippen molar-refractivity contribution in [3.8, 4) is 17.2 Å². The summed E-state index contributed by atoms with van der Waals surface area (Å²) >= 11 is 5.80. The van der Waals surface area contributed by atoms with E-state index in [9.17, 15) is 70.5 Å². The Labute approximate surface area is 354 Å². The zero-order chi connectivity index (χ0) is 47.0. The molecule has 0 spiro atoms. The summed E-state index contributed by atoms with van der Waals surface area (Å²) in [6, 6.07) is 9.19. The number of hydrogen-bond donors (Lipinski definition) is 3. The van der Waals surface area contributed by atoms with Gasteiger partial charge >= 0.3 is 17.8 Å². The van der Waals surface area contributed by atoms with Crippen molar-refractivity contribution in [1.82, 2.24) is 5.32 Å². The molecule has 1 atom stereocenters. The van der Waals surface area contributed by atoms with E-state index in [0.717, 1.165) is 42.7 Å². The molecule has 0 amide bonds. The van der Waals surface area contributed by atoms with Crippen LogP contribution in [0.5, 0.6) is 17.2 Å². The Kier molecular flexibility index (Phi) is 21.2. The van der Waals surface area contributed by atoms with E-state index in [1.807, 2.05) is 5.32 Å². The molecule has 3 aromatic carbocycles. The van der Waals surface area contributed by atoms with Gasteiger partial charge in [0, 0.05) is 37.3 Å². The maximum Gasteiger partial charge on any atom is 0.416 e. The van der Waals surface area contributed by atoms with Gasteiger partial charge in [0.15, 0.2) is 27.2 Å². The second kappa shape index (κ2) is 23.9. The predicted octanol–water partition coefficient (Wildman–Crippen LogP) is 5.24. The quantitative estimate of drug-likeness (QED) is 0.0493. The fourth-order valence-corrected chi connectivity index (χ4v) is 5.88. The number of carboxylic acid groups (broad SMARTS) is 1. The maximum absolute atomic E-state index is 12.6. The average Bonchev–Trinajstić information content (AvgIpc) is 3.11. The van der Waals surface area contributed by atoms with Gasteiger partial charge in [-0.2, -0.15) is 13.2 Å². The molecule has 0 bridgehead atoms. The molecule has 3 aromatic rings. The summed E-state index contributed by atoms with van der Waals surface area (Å²) in [6.45, 7) is 1.38. The Hall–Kier alpha value is -4.97. The summed E-state index contributed by atoms with van der Waals surface area (Å²) in [7, 11) is -7.40. The number of sulfone groups is 1. The van der Waals surface area contributed by atoms with Gasteiger partial charge in [0.25, 0.3) is 5.69 Å². The molecule has 1 saturated carbocycles. The highest BCUT2D eigenvalue weighted by Crippen LogP contribution is 2.38. The van der Waals surface area contributed by atoms with Crippen molar-refractivity contribution in [2.75, 3.05) is 44.5 Å². The molecule has 1 unspecified atom stereocenters. The maximum atomic E-state index is 12.6. The second-order valence-corrected chi connectivity index (χ2v) is 19.2. The lowest BCUT2D eigenvalue weighted by molar-refractivity contribution is -0.385. The number of hydrogen-bond acceptors (Lipinski definition) is 15. The lowest BCUT2D eigenvalue weighted by Crippen LogP contribution is -2.35. The van der Waals surface area contributed by atoms with E-state index in [2.05, 4.69) is 18.8 Å². The van der Waals surface area contributed by atoms with Crippen LogP contribution in [0.1, 0.15) is 42.1 Å². The lowest BCUT2D eigenvalue weighted by atomic mass is 9.81. The van der Waals surface area contributed by atoms with Crippen LogP contribution in [0.3, 0.4) is 0 Å². The van der Waals surface area contributed by atoms with Crippen LogP contribution in [0, 0.1) is 26.1 Å². The Balaban J connectivity index is 0.000000469. The highest BCUT2D eigenvalue weighted by molar-refractivity contribution is 7.94. The number of carboxylic acids is 1. The van der Waals surface area contributed by atoms with Crippen LogP contribution in [0.4, 0.5) is 24.5 Å². The number of nitrogens with zero attached hydrogens (tertiary/aromatic N) is 2. The SMILES string of the molecule is CCOc1cc(Oc2ccc(C(F)(F)F)cc2Cl)ccc1[N+](=O)[O-].CS(=O)(=O)c1ccc(C(=O)C2C(=O)CCCC2=O)c([N+](=O)[O-])c1.C[S+](C)C.O=C(O)CNCP(=O)([O-])O. The molecular formula is C35H40ClF3N3O16PS2. The number of rotatable bonds is 13. The minimum atomic E-state index is -4.52. The molecule has 0 aliphatic heterocycles. The third-order valence-corrected chi connectivity index (χ3v) is 9.14. The number of benzene rings is 3. The first-order chi connectivity index (χ1) is 28.0. The van der Waals surface area contributed by atoms with Crippen molar-refractivity contribution in [1.29, 1.82) is 0 Å². The number of aliphatic carboxylic acids is 1. The molecule has 336 valence electrons. The number of nitro groups is 2. The van der Waals surface area contributed by atoms with Crippen LogP contribution < -0.4 is 19.7 Å². The molecule has 26 heteroatoms. The van der Waals surface area contributed by atoms with Crippen molar-refractivity contribution < 1.29 is 79.5 Å². The van der Waals surface area contributed by atoms with E-state index in [-0.39, 0.29) is 52.3 Å². The molecular weight excluding hydrogens is 906 g/mol. The van der Waals surface area contributed by atoms with Crippen LogP contribution in [-0.2, 0) is 45.9 Å². The molecule has 1 aliphatic carbocycles. The number of nitro benzene ring substituents is 2. The zero-order valence-electron chi connectivity index (χ0n) is 32.8. The minimum absolute atomic E-state index is 0.0111.